The molecule has 0 aliphatic heterocycles. The molecule has 0 spiro atoms. The zero-order valence-electron chi connectivity index (χ0n) is 12.3. The third-order valence-corrected chi connectivity index (χ3v) is 6.00. The average Bonchev–Trinajstić information content (AvgIpc) is 2.58. The molecule has 0 radical (unpaired) electrons. The lowest BCUT2D eigenvalue weighted by atomic mass is 10.2. The molecule has 0 saturated heterocycles. The SMILES string of the molecule is O=S(=O)=Cc1ccc([S+](c2ccccc2)c2ccccc2)cc1. The van der Waals surface area contributed by atoms with Crippen LogP contribution in [0.2, 0.25) is 0 Å². The summed E-state index contributed by atoms with van der Waals surface area (Å²) in [4.78, 5) is 3.64. The van der Waals surface area contributed by atoms with Gasteiger partial charge < -0.3 is 0 Å². The van der Waals surface area contributed by atoms with Gasteiger partial charge in [-0.15, -0.1) is 0 Å². The first-order valence-electron chi connectivity index (χ1n) is 7.11. The fourth-order valence-electron chi connectivity index (χ4n) is 2.31. The summed E-state index contributed by atoms with van der Waals surface area (Å²) >= 11 is 0. The van der Waals surface area contributed by atoms with E-state index in [0.29, 0.717) is 5.56 Å². The van der Waals surface area contributed by atoms with Crippen LogP contribution in [0.1, 0.15) is 5.56 Å². The first-order chi connectivity index (χ1) is 11.2. The number of benzene rings is 3. The Morgan fingerprint density at radius 1 is 0.609 bits per heavy atom. The van der Waals surface area contributed by atoms with Gasteiger partial charge in [0.15, 0.2) is 14.7 Å². The van der Waals surface area contributed by atoms with Crippen LogP contribution in [0.15, 0.2) is 99.6 Å². The molecule has 0 amide bonds. The molecule has 23 heavy (non-hydrogen) atoms. The fraction of sp³-hybridized carbons (Fsp3) is 0. The minimum absolute atomic E-state index is 0.203. The molecule has 3 aromatic carbocycles. The summed E-state index contributed by atoms with van der Waals surface area (Å²) in [5.74, 6) is 0. The van der Waals surface area contributed by atoms with E-state index in [4.69, 9.17) is 0 Å². The molecule has 0 fully saturated rings. The quantitative estimate of drug-likeness (QED) is 0.535. The van der Waals surface area contributed by atoms with Crippen LogP contribution in [-0.2, 0) is 21.2 Å². The van der Waals surface area contributed by atoms with Crippen molar-refractivity contribution >= 4 is 26.6 Å². The molecule has 0 bridgehead atoms. The summed E-state index contributed by atoms with van der Waals surface area (Å²) in [6, 6.07) is 28.4. The number of hydrogen-bond donors (Lipinski definition) is 0. The second-order valence-electron chi connectivity index (χ2n) is 4.88. The van der Waals surface area contributed by atoms with Crippen molar-refractivity contribution in [2.75, 3.05) is 0 Å². The van der Waals surface area contributed by atoms with Crippen LogP contribution in [-0.4, -0.2) is 13.8 Å². The predicted molar refractivity (Wildman–Crippen MR) is 95.6 cm³/mol. The lowest BCUT2D eigenvalue weighted by molar-refractivity contribution is 0.627. The van der Waals surface area contributed by atoms with Gasteiger partial charge in [-0.1, -0.05) is 36.4 Å². The van der Waals surface area contributed by atoms with Crippen LogP contribution in [0.25, 0.3) is 0 Å². The van der Waals surface area contributed by atoms with Crippen molar-refractivity contribution in [2.45, 2.75) is 14.7 Å². The Kier molecular flexibility index (Phi) is 4.95. The Balaban J connectivity index is 2.07. The van der Waals surface area contributed by atoms with Crippen molar-refractivity contribution in [1.82, 2.24) is 0 Å². The Morgan fingerprint density at radius 2 is 1.04 bits per heavy atom. The van der Waals surface area contributed by atoms with E-state index in [-0.39, 0.29) is 10.9 Å². The second-order valence-corrected chi connectivity index (χ2v) is 7.66. The molecule has 0 aliphatic rings. The molecule has 0 atom stereocenters. The monoisotopic (exact) mass is 339 g/mol. The number of hydrogen-bond acceptors (Lipinski definition) is 2. The van der Waals surface area contributed by atoms with Gasteiger partial charge in [-0.3, -0.25) is 0 Å². The minimum atomic E-state index is -2.18. The standard InChI is InChI=1S/C19H15O2S2/c20-22(21)15-16-11-13-19(14-12-16)23(17-7-3-1-4-8-17)18-9-5-2-6-10-18/h1-15H/q+1. The predicted octanol–water partition coefficient (Wildman–Crippen LogP) is 3.81. The fourth-order valence-corrected chi connectivity index (χ4v) is 4.78. The molecular formula is C19H15O2S2+. The molecule has 4 heteroatoms. The normalized spacial score (nSPS) is 10.5. The Labute approximate surface area is 140 Å². The Bertz CT molecular complexity index is 853. The molecule has 3 rings (SSSR count). The molecule has 2 nitrogen and oxygen atoms in total. The molecule has 0 unspecified atom stereocenters. The van der Waals surface area contributed by atoms with Crippen molar-refractivity contribution in [1.29, 1.82) is 0 Å². The van der Waals surface area contributed by atoms with Gasteiger partial charge in [-0.2, -0.15) is 8.42 Å². The third-order valence-electron chi connectivity index (χ3n) is 3.31. The highest BCUT2D eigenvalue weighted by atomic mass is 32.2. The summed E-state index contributed by atoms with van der Waals surface area (Å²) in [7, 11) is -2.38. The maximum absolute atomic E-state index is 10.8. The second kappa shape index (κ2) is 7.31. The van der Waals surface area contributed by atoms with Crippen LogP contribution >= 0.6 is 0 Å². The topological polar surface area (TPSA) is 34.1 Å². The van der Waals surface area contributed by atoms with Crippen molar-refractivity contribution < 1.29 is 8.42 Å². The molecule has 0 saturated carbocycles. The van der Waals surface area contributed by atoms with Crippen molar-refractivity contribution in [3.63, 3.8) is 0 Å². The molecule has 114 valence electrons. The number of rotatable bonds is 4. The maximum Gasteiger partial charge on any atom is 0.214 e. The van der Waals surface area contributed by atoms with Crippen LogP contribution in [0.5, 0.6) is 0 Å². The van der Waals surface area contributed by atoms with E-state index >= 15 is 0 Å². The highest BCUT2D eigenvalue weighted by Crippen LogP contribution is 2.30. The third kappa shape index (κ3) is 3.92. The largest absolute Gasteiger partial charge is 0.214 e. The van der Waals surface area contributed by atoms with Crippen molar-refractivity contribution in [3.05, 3.63) is 90.5 Å². The first kappa shape index (κ1) is 15.6. The Hall–Kier alpha value is -2.30. The molecule has 0 aliphatic carbocycles. The maximum atomic E-state index is 10.8. The molecule has 3 aromatic rings. The van der Waals surface area contributed by atoms with Crippen LogP contribution in [0.4, 0.5) is 0 Å². The highest BCUT2D eigenvalue weighted by Gasteiger charge is 2.27. The van der Waals surface area contributed by atoms with Crippen molar-refractivity contribution in [2.24, 2.45) is 0 Å². The van der Waals surface area contributed by atoms with E-state index < -0.39 is 10.3 Å². The van der Waals surface area contributed by atoms with Crippen LogP contribution < -0.4 is 0 Å². The van der Waals surface area contributed by atoms with Gasteiger partial charge in [0.1, 0.15) is 0 Å². The van der Waals surface area contributed by atoms with Gasteiger partial charge in [0.2, 0.25) is 10.3 Å². The smallest absolute Gasteiger partial charge is 0.185 e. The Morgan fingerprint density at radius 3 is 1.48 bits per heavy atom. The van der Waals surface area contributed by atoms with Crippen LogP contribution in [0.3, 0.4) is 0 Å². The zero-order valence-corrected chi connectivity index (χ0v) is 13.9. The van der Waals surface area contributed by atoms with E-state index in [1.165, 1.54) is 15.2 Å². The summed E-state index contributed by atoms with van der Waals surface area (Å²) in [6.45, 7) is 0. The highest BCUT2D eigenvalue weighted by molar-refractivity contribution is 7.97. The van der Waals surface area contributed by atoms with E-state index in [0.717, 1.165) is 4.90 Å². The summed E-state index contributed by atoms with van der Waals surface area (Å²) < 4.78 is 21.6. The minimum Gasteiger partial charge on any atom is -0.185 e. The van der Waals surface area contributed by atoms with E-state index in [9.17, 15) is 8.42 Å². The van der Waals surface area contributed by atoms with Crippen LogP contribution in [0, 0.1) is 0 Å². The zero-order chi connectivity index (χ0) is 16.1. The van der Waals surface area contributed by atoms with Gasteiger partial charge in [0.25, 0.3) is 0 Å². The van der Waals surface area contributed by atoms with Gasteiger partial charge in [-0.05, 0) is 54.1 Å². The van der Waals surface area contributed by atoms with E-state index in [1.807, 2.05) is 60.7 Å². The first-order valence-corrected chi connectivity index (χ1v) is 9.48. The summed E-state index contributed by atoms with van der Waals surface area (Å²) in [5.41, 5.74) is 0.687. The summed E-state index contributed by atoms with van der Waals surface area (Å²) in [5, 5.41) is 1.22. The van der Waals surface area contributed by atoms with Gasteiger partial charge >= 0.3 is 0 Å². The molecule has 0 heterocycles. The summed E-state index contributed by atoms with van der Waals surface area (Å²) in [6.07, 6.45) is 0. The van der Waals surface area contributed by atoms with Gasteiger partial charge in [0.05, 0.1) is 16.3 Å². The lowest BCUT2D eigenvalue weighted by Gasteiger charge is -2.07. The van der Waals surface area contributed by atoms with Crippen molar-refractivity contribution in [3.8, 4) is 0 Å². The van der Waals surface area contributed by atoms with E-state index in [2.05, 4.69) is 24.3 Å². The van der Waals surface area contributed by atoms with E-state index in [1.54, 1.807) is 0 Å². The molecular weight excluding hydrogens is 324 g/mol. The van der Waals surface area contributed by atoms with Gasteiger partial charge in [0, 0.05) is 0 Å². The molecule has 0 N–H and O–H groups in total. The molecule has 0 aromatic heterocycles. The van der Waals surface area contributed by atoms with Gasteiger partial charge in [-0.25, -0.2) is 0 Å². The lowest BCUT2D eigenvalue weighted by Crippen LogP contribution is -2.04. The average molecular weight is 339 g/mol.